The van der Waals surface area contributed by atoms with Crippen molar-refractivity contribution in [2.45, 2.75) is 127 Å². The highest BCUT2D eigenvalue weighted by Crippen LogP contribution is 2.40. The first kappa shape index (κ1) is 38.2. The molecule has 0 heterocycles. The van der Waals surface area contributed by atoms with Crippen LogP contribution in [-0.4, -0.2) is 93.2 Å². The van der Waals surface area contributed by atoms with E-state index in [2.05, 4.69) is 32.1 Å². The van der Waals surface area contributed by atoms with Crippen molar-refractivity contribution in [1.29, 1.82) is 0 Å². The fraction of sp³-hybridized carbons (Fsp3) is 0.862. The average molecular weight is 636 g/mol. The molecule has 9 nitrogen and oxygen atoms in total. The highest BCUT2D eigenvalue weighted by Gasteiger charge is 2.37. The van der Waals surface area contributed by atoms with Crippen LogP contribution in [0.5, 0.6) is 0 Å². The smallest absolute Gasteiger partial charge is 0.321 e. The quantitative estimate of drug-likeness (QED) is 0.139. The van der Waals surface area contributed by atoms with Crippen molar-refractivity contribution in [3.63, 3.8) is 0 Å². The van der Waals surface area contributed by atoms with Crippen LogP contribution in [0, 0.1) is 5.41 Å². The van der Waals surface area contributed by atoms with Gasteiger partial charge in [-0.1, -0.05) is 27.7 Å². The lowest BCUT2D eigenvalue weighted by molar-refractivity contribution is -0.141. The number of carbonyl (C=O) groups excluding carboxylic acids is 3. The largest absolute Gasteiger partial charge is 0.480 e. The maximum absolute atomic E-state index is 13.4. The van der Waals surface area contributed by atoms with E-state index in [1.54, 1.807) is 37.4 Å². The number of carbonyl (C=O) groups is 4. The third kappa shape index (κ3) is 14.9. The maximum atomic E-state index is 13.4. The number of amides is 2. The van der Waals surface area contributed by atoms with Crippen LogP contribution in [0.1, 0.15) is 87.5 Å². The van der Waals surface area contributed by atoms with Crippen LogP contribution < -0.4 is 16.0 Å². The van der Waals surface area contributed by atoms with Gasteiger partial charge >= 0.3 is 5.97 Å². The van der Waals surface area contributed by atoms with E-state index in [0.29, 0.717) is 40.6 Å². The highest BCUT2D eigenvalue weighted by molar-refractivity contribution is 8.04. The van der Waals surface area contributed by atoms with Crippen LogP contribution in [0.25, 0.3) is 0 Å². The normalized spacial score (nSPS) is 19.7. The second-order valence-electron chi connectivity index (χ2n) is 12.6. The summed E-state index contributed by atoms with van der Waals surface area (Å²) in [4.78, 5) is 50.1. The number of hydrogen-bond donors (Lipinski definition) is 4. The van der Waals surface area contributed by atoms with Crippen LogP contribution in [-0.2, 0) is 23.9 Å². The monoisotopic (exact) mass is 635 g/mol. The molecule has 6 unspecified atom stereocenters. The number of aliphatic carboxylic acids is 1. The molecular formula is C29H54N3O6PS2. The van der Waals surface area contributed by atoms with Gasteiger partial charge in [0.15, 0.2) is 0 Å². The van der Waals surface area contributed by atoms with Gasteiger partial charge in [-0.3, -0.25) is 19.2 Å². The molecule has 0 bridgehead atoms. The molecule has 4 N–H and O–H groups in total. The van der Waals surface area contributed by atoms with Crippen LogP contribution in [0.15, 0.2) is 0 Å². The Labute approximate surface area is 258 Å². The van der Waals surface area contributed by atoms with Crippen LogP contribution in [0.2, 0.25) is 0 Å². The van der Waals surface area contributed by atoms with Crippen LogP contribution >= 0.6 is 32.8 Å². The van der Waals surface area contributed by atoms with Crippen molar-refractivity contribution < 1.29 is 29.0 Å². The maximum Gasteiger partial charge on any atom is 0.321 e. The Morgan fingerprint density at radius 1 is 1.00 bits per heavy atom. The Morgan fingerprint density at radius 3 is 2.02 bits per heavy atom. The van der Waals surface area contributed by atoms with Gasteiger partial charge in [-0.15, -0.1) is 9.24 Å². The minimum atomic E-state index is -0.908. The molecule has 1 rings (SSSR count). The summed E-state index contributed by atoms with van der Waals surface area (Å²) >= 11 is 3.33. The molecule has 6 atom stereocenters. The van der Waals surface area contributed by atoms with E-state index < -0.39 is 29.1 Å². The number of rotatable bonds is 21. The van der Waals surface area contributed by atoms with Crippen LogP contribution in [0.4, 0.5) is 0 Å². The topological polar surface area (TPSA) is 134 Å². The summed E-state index contributed by atoms with van der Waals surface area (Å²) in [5, 5.41) is 19.2. The molecule has 0 spiro atoms. The first-order valence-corrected chi connectivity index (χ1v) is 17.5. The van der Waals surface area contributed by atoms with Crippen molar-refractivity contribution in [2.75, 3.05) is 24.7 Å². The lowest BCUT2D eigenvalue weighted by atomic mass is 9.92. The predicted octanol–water partition coefficient (Wildman–Crippen LogP) is 3.88. The van der Waals surface area contributed by atoms with Crippen molar-refractivity contribution in [2.24, 2.45) is 5.41 Å². The van der Waals surface area contributed by atoms with Gasteiger partial charge in [0.25, 0.3) is 0 Å². The number of ketones is 1. The zero-order chi connectivity index (χ0) is 31.4. The van der Waals surface area contributed by atoms with Crippen molar-refractivity contribution in [1.82, 2.24) is 16.0 Å². The fourth-order valence-corrected chi connectivity index (χ4v) is 7.33. The number of carboxylic acid groups (broad SMARTS) is 1. The van der Waals surface area contributed by atoms with Gasteiger partial charge < -0.3 is 25.8 Å². The van der Waals surface area contributed by atoms with E-state index in [9.17, 15) is 24.3 Å². The molecule has 0 aromatic rings. The third-order valence-electron chi connectivity index (χ3n) is 6.91. The SMILES string of the molecule is CCC(=O)CC(C)(C)OCC(C)(C)C(=O)NC(CSC1CCC1SCC(NC(C)C)C(=O)O)C(=O)NCCC(C)P. The molecule has 41 heavy (non-hydrogen) atoms. The van der Waals surface area contributed by atoms with Gasteiger partial charge in [0.2, 0.25) is 11.8 Å². The standard InChI is InChI=1S/C29H54N3O6PS2/c1-9-20(33)14-29(7,8)38-17-28(5,6)27(37)32-21(25(34)30-13-12-19(4)39)15-40-23-10-11-24(23)41-16-22(26(35)36)31-18(2)3/h18-19,21-24,31H,9-17,39H2,1-8H3,(H,30,34)(H,32,37)(H,35,36). The Morgan fingerprint density at radius 2 is 1.56 bits per heavy atom. The summed E-state index contributed by atoms with van der Waals surface area (Å²) in [5.74, 6) is -0.321. The van der Waals surface area contributed by atoms with Gasteiger partial charge in [-0.05, 0) is 52.6 Å². The molecule has 238 valence electrons. The molecule has 0 saturated heterocycles. The van der Waals surface area contributed by atoms with E-state index >= 15 is 0 Å². The summed E-state index contributed by atoms with van der Waals surface area (Å²) < 4.78 is 6.01. The van der Waals surface area contributed by atoms with Crippen LogP contribution in [0.3, 0.4) is 0 Å². The second kappa shape index (κ2) is 18.1. The van der Waals surface area contributed by atoms with Crippen molar-refractivity contribution in [3.05, 3.63) is 0 Å². The lowest BCUT2D eigenvalue weighted by Crippen LogP contribution is -2.53. The van der Waals surface area contributed by atoms with E-state index in [4.69, 9.17) is 4.74 Å². The lowest BCUT2D eigenvalue weighted by Gasteiger charge is -2.37. The fourth-order valence-electron chi connectivity index (χ4n) is 4.03. The van der Waals surface area contributed by atoms with E-state index in [1.807, 2.05) is 34.6 Å². The van der Waals surface area contributed by atoms with E-state index in [-0.39, 0.29) is 36.7 Å². The molecule has 1 saturated carbocycles. The summed E-state index contributed by atoms with van der Waals surface area (Å²) in [6, 6.07) is -1.22. The summed E-state index contributed by atoms with van der Waals surface area (Å²) in [6.45, 7) is 15.6. The number of nitrogens with one attached hydrogen (secondary N) is 3. The van der Waals surface area contributed by atoms with Gasteiger partial charge in [0.05, 0.1) is 17.6 Å². The predicted molar refractivity (Wildman–Crippen MR) is 174 cm³/mol. The molecule has 2 amide bonds. The molecule has 0 aromatic carbocycles. The average Bonchev–Trinajstić information content (AvgIpc) is 2.84. The Balaban J connectivity index is 2.80. The van der Waals surface area contributed by atoms with Gasteiger partial charge in [0.1, 0.15) is 17.9 Å². The Hall–Kier alpha value is -0.870. The zero-order valence-corrected chi connectivity index (χ0v) is 29.0. The first-order valence-electron chi connectivity index (χ1n) is 14.7. The Bertz CT molecular complexity index is 871. The molecular weight excluding hydrogens is 581 g/mol. The van der Waals surface area contributed by atoms with Gasteiger partial charge in [-0.2, -0.15) is 23.5 Å². The minimum absolute atomic E-state index is 0.0833. The molecule has 12 heteroatoms. The molecule has 0 aliphatic heterocycles. The van der Waals surface area contributed by atoms with E-state index in [1.165, 1.54) is 0 Å². The number of Topliss-reactive ketones (excluding diaryl/α,β-unsaturated/α-hetero) is 1. The van der Waals surface area contributed by atoms with Gasteiger partial charge in [0, 0.05) is 47.4 Å². The highest BCUT2D eigenvalue weighted by atomic mass is 32.2. The number of thioether (sulfide) groups is 2. The van der Waals surface area contributed by atoms with Gasteiger partial charge in [-0.25, -0.2) is 0 Å². The zero-order valence-electron chi connectivity index (χ0n) is 26.2. The summed E-state index contributed by atoms with van der Waals surface area (Å²) in [5.41, 5.74) is -1.23. The Kier molecular flexibility index (Phi) is 16.8. The minimum Gasteiger partial charge on any atom is -0.480 e. The summed E-state index contributed by atoms with van der Waals surface area (Å²) in [7, 11) is 2.72. The summed E-state index contributed by atoms with van der Waals surface area (Å²) in [6.07, 6.45) is 3.53. The number of hydrogen-bond acceptors (Lipinski definition) is 8. The number of ether oxygens (including phenoxy) is 1. The molecule has 0 radical (unpaired) electrons. The first-order chi connectivity index (χ1) is 19.0. The third-order valence-corrected chi connectivity index (χ3v) is 10.5. The van der Waals surface area contributed by atoms with Crippen molar-refractivity contribution >= 4 is 56.3 Å². The van der Waals surface area contributed by atoms with Crippen molar-refractivity contribution in [3.8, 4) is 0 Å². The number of carboxylic acids is 1. The molecule has 1 aliphatic carbocycles. The second-order valence-corrected chi connectivity index (χ2v) is 16.3. The van der Waals surface area contributed by atoms with E-state index in [0.717, 1.165) is 19.3 Å². The molecule has 1 fully saturated rings. The molecule has 0 aromatic heterocycles. The molecule has 1 aliphatic rings.